The van der Waals surface area contributed by atoms with Crippen LogP contribution in [-0.2, 0) is 7.05 Å². The summed E-state index contributed by atoms with van der Waals surface area (Å²) < 4.78 is 4.93. The van der Waals surface area contributed by atoms with Crippen LogP contribution in [0.3, 0.4) is 0 Å². The number of aromatic nitrogens is 2. The molecule has 2 heteroatoms. The lowest BCUT2D eigenvalue weighted by Crippen LogP contribution is -2.29. The first kappa shape index (κ1) is 19.3. The molecule has 3 heterocycles. The molecule has 7 rings (SSSR count). The molecule has 0 atom stereocenters. The summed E-state index contributed by atoms with van der Waals surface area (Å²) in [6.45, 7) is 6.85. The first-order valence-corrected chi connectivity index (χ1v) is 12.6. The molecule has 1 saturated carbocycles. The molecule has 0 radical (unpaired) electrons. The second-order valence-corrected chi connectivity index (χ2v) is 10.7. The van der Waals surface area contributed by atoms with E-state index in [1.54, 1.807) is 0 Å². The molecule has 1 fully saturated rings. The Morgan fingerprint density at radius 1 is 0.879 bits per heavy atom. The van der Waals surface area contributed by atoms with E-state index in [4.69, 9.17) is 0 Å². The van der Waals surface area contributed by atoms with Crippen molar-refractivity contribution in [3.05, 3.63) is 71.4 Å². The van der Waals surface area contributed by atoms with Crippen molar-refractivity contribution in [1.29, 1.82) is 0 Å². The molecule has 33 heavy (non-hydrogen) atoms. The van der Waals surface area contributed by atoms with E-state index >= 15 is 0 Å². The minimum Gasteiger partial charge on any atom is -0.307 e. The highest BCUT2D eigenvalue weighted by Gasteiger charge is 2.26. The molecule has 1 aliphatic carbocycles. The standard InChI is InChI=1S/C31H31N2/c1-18(2)21-10-12-26-25(16-21)24-11-9-19(3)28-30(24)33(26)27-17-23(20-7-5-6-8-20)15-22-13-14-32(4)31(28)29(22)27/h9-18,20H,5-8H2,1-4H3/q+1. The van der Waals surface area contributed by atoms with Crippen molar-refractivity contribution in [3.8, 4) is 0 Å². The Balaban J connectivity index is 1.78. The van der Waals surface area contributed by atoms with E-state index < -0.39 is 0 Å². The molecule has 3 aromatic heterocycles. The molecule has 0 spiro atoms. The predicted octanol–water partition coefficient (Wildman–Crippen LogP) is 7.90. The SMILES string of the molecule is Cc1ccc2c3cc(C(C)C)ccc3n3c4cc(C5CCCC5)cc5cc[n+](C)c(c1c23)c54. The average molecular weight is 432 g/mol. The fraction of sp³-hybridized carbons (Fsp3) is 0.323. The quantitative estimate of drug-likeness (QED) is 0.150. The minimum absolute atomic E-state index is 0.523. The third-order valence-corrected chi connectivity index (χ3v) is 8.37. The molecule has 0 bridgehead atoms. The van der Waals surface area contributed by atoms with Gasteiger partial charge in [-0.1, -0.05) is 51.0 Å². The van der Waals surface area contributed by atoms with Gasteiger partial charge < -0.3 is 4.40 Å². The van der Waals surface area contributed by atoms with Crippen molar-refractivity contribution in [2.24, 2.45) is 7.05 Å². The van der Waals surface area contributed by atoms with Crippen LogP contribution in [0.1, 0.15) is 68.1 Å². The van der Waals surface area contributed by atoms with E-state index in [1.165, 1.54) is 91.4 Å². The van der Waals surface area contributed by atoms with Crippen LogP contribution in [0.2, 0.25) is 0 Å². The van der Waals surface area contributed by atoms with Crippen molar-refractivity contribution in [2.75, 3.05) is 0 Å². The molecular formula is C31H31N2+. The molecule has 0 saturated heterocycles. The molecule has 164 valence electrons. The minimum atomic E-state index is 0.523. The molecular weight excluding hydrogens is 400 g/mol. The molecule has 0 N–H and O–H groups in total. The Morgan fingerprint density at radius 3 is 2.48 bits per heavy atom. The van der Waals surface area contributed by atoms with E-state index in [9.17, 15) is 0 Å². The first-order chi connectivity index (χ1) is 16.0. The summed E-state index contributed by atoms with van der Waals surface area (Å²) in [4.78, 5) is 0. The first-order valence-electron chi connectivity index (χ1n) is 12.6. The van der Waals surface area contributed by atoms with Crippen LogP contribution >= 0.6 is 0 Å². The van der Waals surface area contributed by atoms with E-state index in [0.717, 1.165) is 0 Å². The summed E-state index contributed by atoms with van der Waals surface area (Å²) in [6, 6.07) is 19.1. The van der Waals surface area contributed by atoms with E-state index in [0.29, 0.717) is 11.8 Å². The van der Waals surface area contributed by atoms with Gasteiger partial charge in [0.25, 0.3) is 0 Å². The van der Waals surface area contributed by atoms with Gasteiger partial charge in [0, 0.05) is 16.8 Å². The maximum Gasteiger partial charge on any atom is 0.224 e. The lowest BCUT2D eigenvalue weighted by Gasteiger charge is -2.16. The summed E-state index contributed by atoms with van der Waals surface area (Å²) >= 11 is 0. The van der Waals surface area contributed by atoms with E-state index in [2.05, 4.69) is 91.5 Å². The van der Waals surface area contributed by atoms with Gasteiger partial charge >= 0.3 is 0 Å². The highest BCUT2D eigenvalue weighted by atomic mass is 15.0. The van der Waals surface area contributed by atoms with Crippen LogP contribution in [0.5, 0.6) is 0 Å². The van der Waals surface area contributed by atoms with Crippen LogP contribution in [0.25, 0.3) is 49.0 Å². The number of aryl methyl sites for hydroxylation is 2. The second-order valence-electron chi connectivity index (χ2n) is 10.7. The number of fused-ring (bicyclic) bond motifs is 5. The Bertz CT molecular complexity index is 1710. The number of benzene rings is 3. The molecule has 0 amide bonds. The maximum atomic E-state index is 2.59. The van der Waals surface area contributed by atoms with Gasteiger partial charge in [-0.05, 0) is 71.9 Å². The number of hydrogen-bond donors (Lipinski definition) is 0. The van der Waals surface area contributed by atoms with E-state index in [-0.39, 0.29) is 0 Å². The average Bonchev–Trinajstić information content (AvgIpc) is 3.46. The number of nitrogens with zero attached hydrogens (tertiary/aromatic N) is 2. The lowest BCUT2D eigenvalue weighted by atomic mass is 9.92. The third-order valence-electron chi connectivity index (χ3n) is 8.37. The van der Waals surface area contributed by atoms with E-state index in [1.807, 2.05) is 0 Å². The van der Waals surface area contributed by atoms with Gasteiger partial charge in [0.1, 0.15) is 7.05 Å². The van der Waals surface area contributed by atoms with Crippen LogP contribution < -0.4 is 4.57 Å². The fourth-order valence-electron chi connectivity index (χ4n) is 6.61. The fourth-order valence-corrected chi connectivity index (χ4v) is 6.61. The van der Waals surface area contributed by atoms with Gasteiger partial charge in [0.2, 0.25) is 5.52 Å². The maximum absolute atomic E-state index is 2.59. The Labute approximate surface area is 194 Å². The van der Waals surface area contributed by atoms with Crippen LogP contribution in [0.15, 0.2) is 54.7 Å². The van der Waals surface area contributed by atoms with Crippen LogP contribution in [0, 0.1) is 6.92 Å². The predicted molar refractivity (Wildman–Crippen MR) is 140 cm³/mol. The summed E-state index contributed by atoms with van der Waals surface area (Å²) in [5.74, 6) is 1.22. The Kier molecular flexibility index (Phi) is 3.93. The van der Waals surface area contributed by atoms with Crippen molar-refractivity contribution in [1.82, 2.24) is 4.40 Å². The Hall–Kier alpha value is -3.13. The second kappa shape index (κ2) is 6.70. The highest BCUT2D eigenvalue weighted by molar-refractivity contribution is 6.25. The molecule has 6 aromatic rings. The van der Waals surface area contributed by atoms with Gasteiger partial charge in [0.15, 0.2) is 6.20 Å². The topological polar surface area (TPSA) is 8.29 Å². The monoisotopic (exact) mass is 431 g/mol. The number of rotatable bonds is 2. The summed E-state index contributed by atoms with van der Waals surface area (Å²) in [7, 11) is 2.21. The molecule has 2 nitrogen and oxygen atoms in total. The van der Waals surface area contributed by atoms with Gasteiger partial charge in [-0.3, -0.25) is 0 Å². The molecule has 0 unspecified atom stereocenters. The smallest absolute Gasteiger partial charge is 0.224 e. The number of hydrogen-bond acceptors (Lipinski definition) is 0. The Morgan fingerprint density at radius 2 is 1.70 bits per heavy atom. The molecule has 3 aromatic carbocycles. The summed E-state index contributed by atoms with van der Waals surface area (Å²) in [6.07, 6.45) is 7.64. The van der Waals surface area contributed by atoms with Crippen molar-refractivity contribution < 1.29 is 4.57 Å². The number of pyridine rings is 2. The van der Waals surface area contributed by atoms with Crippen LogP contribution in [-0.4, -0.2) is 4.40 Å². The zero-order valence-electron chi connectivity index (χ0n) is 20.1. The van der Waals surface area contributed by atoms with Gasteiger partial charge in [-0.15, -0.1) is 0 Å². The molecule has 1 aliphatic rings. The summed E-state index contributed by atoms with van der Waals surface area (Å²) in [5.41, 5.74) is 9.74. The lowest BCUT2D eigenvalue weighted by molar-refractivity contribution is -0.643. The summed E-state index contributed by atoms with van der Waals surface area (Å²) in [5, 5.41) is 6.93. The van der Waals surface area contributed by atoms with Crippen molar-refractivity contribution in [3.63, 3.8) is 0 Å². The van der Waals surface area contributed by atoms with Crippen molar-refractivity contribution in [2.45, 2.75) is 58.3 Å². The zero-order chi connectivity index (χ0) is 22.4. The highest BCUT2D eigenvalue weighted by Crippen LogP contribution is 2.43. The van der Waals surface area contributed by atoms with Crippen LogP contribution in [0.4, 0.5) is 0 Å². The van der Waals surface area contributed by atoms with Crippen molar-refractivity contribution >= 4 is 49.0 Å². The van der Waals surface area contributed by atoms with Gasteiger partial charge in [0.05, 0.1) is 27.3 Å². The van der Waals surface area contributed by atoms with Gasteiger partial charge in [-0.2, -0.15) is 0 Å². The normalized spacial score (nSPS) is 15.5. The molecule has 0 aliphatic heterocycles. The zero-order valence-corrected chi connectivity index (χ0v) is 20.1. The third kappa shape index (κ3) is 2.52. The van der Waals surface area contributed by atoms with Gasteiger partial charge in [-0.25, -0.2) is 4.57 Å². The largest absolute Gasteiger partial charge is 0.307 e.